The predicted molar refractivity (Wildman–Crippen MR) is 82.2 cm³/mol. The summed E-state index contributed by atoms with van der Waals surface area (Å²) in [6.07, 6.45) is 1.90. The molecule has 108 valence electrons. The van der Waals surface area contributed by atoms with Crippen LogP contribution in [0.2, 0.25) is 10.0 Å². The fraction of sp³-hybridized carbons (Fsp3) is 0.429. The molecule has 4 nitrogen and oxygen atoms in total. The Balaban J connectivity index is 2.06. The summed E-state index contributed by atoms with van der Waals surface area (Å²) in [6.45, 7) is 7.53. The fourth-order valence-corrected chi connectivity index (χ4v) is 2.21. The molecule has 0 radical (unpaired) electrons. The summed E-state index contributed by atoms with van der Waals surface area (Å²) in [4.78, 5) is 0. The number of hydrogen-bond acceptors (Lipinski definition) is 3. The maximum absolute atomic E-state index is 6.15. The predicted octanol–water partition coefficient (Wildman–Crippen LogP) is 3.52. The van der Waals surface area contributed by atoms with Gasteiger partial charge in [-0.3, -0.25) is 0 Å². The molecule has 0 amide bonds. The van der Waals surface area contributed by atoms with Crippen LogP contribution in [0.1, 0.15) is 32.0 Å². The Morgan fingerprint density at radius 3 is 2.45 bits per heavy atom. The van der Waals surface area contributed by atoms with Gasteiger partial charge in [0.15, 0.2) is 0 Å². The zero-order valence-corrected chi connectivity index (χ0v) is 13.3. The summed E-state index contributed by atoms with van der Waals surface area (Å²) in [6, 6.07) is 5.47. The minimum Gasteiger partial charge on any atom is -0.306 e. The van der Waals surface area contributed by atoms with Crippen molar-refractivity contribution in [2.24, 2.45) is 0 Å². The smallest absolute Gasteiger partial charge is 0.0965 e. The minimum atomic E-state index is 0.0514. The molecule has 0 aliphatic heterocycles. The zero-order valence-electron chi connectivity index (χ0n) is 11.8. The zero-order chi connectivity index (χ0) is 14.8. The molecule has 0 fully saturated rings. The summed E-state index contributed by atoms with van der Waals surface area (Å²) >= 11 is 12.3. The van der Waals surface area contributed by atoms with Crippen molar-refractivity contribution in [1.29, 1.82) is 0 Å². The maximum Gasteiger partial charge on any atom is 0.0965 e. The van der Waals surface area contributed by atoms with Crippen LogP contribution in [0, 0.1) is 0 Å². The van der Waals surface area contributed by atoms with Crippen LogP contribution in [0.25, 0.3) is 0 Å². The second-order valence-corrected chi connectivity index (χ2v) is 6.53. The van der Waals surface area contributed by atoms with Crippen LogP contribution < -0.4 is 5.32 Å². The highest BCUT2D eigenvalue weighted by Crippen LogP contribution is 2.24. The Hall–Kier alpha value is -1.10. The molecule has 2 rings (SSSR count). The second kappa shape index (κ2) is 6.12. The monoisotopic (exact) mass is 312 g/mol. The molecule has 1 aromatic heterocycles. The Bertz CT molecular complexity index is 567. The molecule has 1 aromatic carbocycles. The highest BCUT2D eigenvalue weighted by Gasteiger charge is 2.11. The van der Waals surface area contributed by atoms with E-state index >= 15 is 0 Å². The van der Waals surface area contributed by atoms with Crippen molar-refractivity contribution in [2.75, 3.05) is 0 Å². The first-order chi connectivity index (χ1) is 9.35. The molecule has 0 aliphatic carbocycles. The van der Waals surface area contributed by atoms with E-state index in [1.54, 1.807) is 4.68 Å². The summed E-state index contributed by atoms with van der Waals surface area (Å²) < 4.78 is 1.74. The number of halogens is 2. The number of hydrogen-bond donors (Lipinski definition) is 1. The van der Waals surface area contributed by atoms with Gasteiger partial charge in [0.2, 0.25) is 0 Å². The Morgan fingerprint density at radius 1 is 1.20 bits per heavy atom. The number of benzene rings is 1. The third-order valence-corrected chi connectivity index (χ3v) is 3.48. The van der Waals surface area contributed by atoms with E-state index in [0.29, 0.717) is 23.1 Å². The van der Waals surface area contributed by atoms with Crippen LogP contribution in [0.3, 0.4) is 0 Å². The van der Waals surface area contributed by atoms with E-state index in [0.717, 1.165) is 11.3 Å². The highest BCUT2D eigenvalue weighted by atomic mass is 35.5. The van der Waals surface area contributed by atoms with Gasteiger partial charge < -0.3 is 5.32 Å². The second-order valence-electron chi connectivity index (χ2n) is 5.71. The molecule has 1 N–H and O–H groups in total. The lowest BCUT2D eigenvalue weighted by molar-refractivity contribution is 0.421. The van der Waals surface area contributed by atoms with Gasteiger partial charge in [-0.2, -0.15) is 0 Å². The van der Waals surface area contributed by atoms with E-state index < -0.39 is 0 Å². The van der Waals surface area contributed by atoms with E-state index in [1.807, 2.05) is 24.4 Å². The lowest BCUT2D eigenvalue weighted by atomic mass is 10.1. The lowest BCUT2D eigenvalue weighted by Crippen LogP contribution is -2.35. The molecule has 0 aliphatic rings. The summed E-state index contributed by atoms with van der Waals surface area (Å²) in [5.41, 5.74) is 1.80. The fourth-order valence-electron chi connectivity index (χ4n) is 1.70. The molecule has 20 heavy (non-hydrogen) atoms. The van der Waals surface area contributed by atoms with Crippen molar-refractivity contribution in [3.63, 3.8) is 0 Å². The maximum atomic E-state index is 6.15. The number of nitrogens with one attached hydrogen (secondary N) is 1. The van der Waals surface area contributed by atoms with Gasteiger partial charge >= 0.3 is 0 Å². The van der Waals surface area contributed by atoms with Crippen LogP contribution >= 0.6 is 23.2 Å². The van der Waals surface area contributed by atoms with Gasteiger partial charge in [0, 0.05) is 27.7 Å². The highest BCUT2D eigenvalue weighted by molar-refractivity contribution is 6.35. The van der Waals surface area contributed by atoms with Crippen LogP contribution in [-0.4, -0.2) is 20.5 Å². The largest absolute Gasteiger partial charge is 0.306 e. The Kier molecular flexibility index (Phi) is 4.68. The molecule has 1 heterocycles. The molecule has 0 saturated heterocycles. The average molecular weight is 313 g/mol. The SMILES string of the molecule is CC(C)(C)NCc1cn(Cc2c(Cl)cccc2Cl)nn1. The molecular formula is C14H18Cl2N4. The first-order valence-electron chi connectivity index (χ1n) is 6.42. The van der Waals surface area contributed by atoms with E-state index in [9.17, 15) is 0 Å². The molecule has 6 heteroatoms. The number of rotatable bonds is 4. The van der Waals surface area contributed by atoms with Crippen LogP contribution in [0.5, 0.6) is 0 Å². The lowest BCUT2D eigenvalue weighted by Gasteiger charge is -2.19. The molecular weight excluding hydrogens is 295 g/mol. The van der Waals surface area contributed by atoms with Crippen molar-refractivity contribution in [3.05, 3.63) is 45.7 Å². The minimum absolute atomic E-state index is 0.0514. The standard InChI is InChI=1S/C14H18Cl2N4/c1-14(2,3)17-7-10-8-20(19-18-10)9-11-12(15)5-4-6-13(11)16/h4-6,8,17H,7,9H2,1-3H3. The van der Waals surface area contributed by atoms with Gasteiger partial charge in [0.1, 0.15) is 0 Å². The van der Waals surface area contributed by atoms with E-state index in [4.69, 9.17) is 23.2 Å². The van der Waals surface area contributed by atoms with Crippen LogP contribution in [0.15, 0.2) is 24.4 Å². The van der Waals surface area contributed by atoms with Gasteiger partial charge in [0.05, 0.1) is 18.4 Å². The number of nitrogens with zero attached hydrogens (tertiary/aromatic N) is 3. The first-order valence-corrected chi connectivity index (χ1v) is 7.18. The molecule has 2 aromatic rings. The van der Waals surface area contributed by atoms with E-state index in [1.165, 1.54) is 0 Å². The summed E-state index contributed by atoms with van der Waals surface area (Å²) in [5.74, 6) is 0. The van der Waals surface area contributed by atoms with Crippen LogP contribution in [-0.2, 0) is 13.1 Å². The molecule has 0 bridgehead atoms. The van der Waals surface area contributed by atoms with Crippen molar-refractivity contribution in [2.45, 2.75) is 39.4 Å². The summed E-state index contributed by atoms with van der Waals surface area (Å²) in [7, 11) is 0. The van der Waals surface area contributed by atoms with E-state index in [2.05, 4.69) is 36.4 Å². The third kappa shape index (κ3) is 4.20. The van der Waals surface area contributed by atoms with Crippen molar-refractivity contribution in [1.82, 2.24) is 20.3 Å². The van der Waals surface area contributed by atoms with Gasteiger partial charge in [-0.05, 0) is 32.9 Å². The summed E-state index contributed by atoms with van der Waals surface area (Å²) in [5, 5.41) is 12.9. The molecule has 0 unspecified atom stereocenters. The quantitative estimate of drug-likeness (QED) is 0.939. The van der Waals surface area contributed by atoms with Crippen LogP contribution in [0.4, 0.5) is 0 Å². The molecule has 0 atom stereocenters. The van der Waals surface area contributed by atoms with Crippen molar-refractivity contribution in [3.8, 4) is 0 Å². The third-order valence-electron chi connectivity index (χ3n) is 2.77. The Labute approximate surface area is 129 Å². The van der Waals surface area contributed by atoms with E-state index in [-0.39, 0.29) is 5.54 Å². The first kappa shape index (κ1) is 15.3. The topological polar surface area (TPSA) is 42.7 Å². The van der Waals surface area contributed by atoms with Crippen molar-refractivity contribution < 1.29 is 0 Å². The Morgan fingerprint density at radius 2 is 1.85 bits per heavy atom. The average Bonchev–Trinajstić information content (AvgIpc) is 2.79. The van der Waals surface area contributed by atoms with Gasteiger partial charge in [0.25, 0.3) is 0 Å². The molecule has 0 spiro atoms. The van der Waals surface area contributed by atoms with Gasteiger partial charge in [-0.25, -0.2) is 4.68 Å². The normalized spacial score (nSPS) is 11.8. The van der Waals surface area contributed by atoms with Gasteiger partial charge in [-0.1, -0.05) is 34.5 Å². The molecule has 0 saturated carbocycles. The van der Waals surface area contributed by atoms with Gasteiger partial charge in [-0.15, -0.1) is 5.10 Å². The number of aromatic nitrogens is 3. The van der Waals surface area contributed by atoms with Crippen molar-refractivity contribution >= 4 is 23.2 Å².